The molecule has 0 radical (unpaired) electrons. The number of carboxylic acid groups (broad SMARTS) is 3. The van der Waals surface area contributed by atoms with Crippen molar-refractivity contribution in [3.05, 3.63) is 52.1 Å². The number of aromatic amines is 1. The third-order valence-electron chi connectivity index (χ3n) is 13.9. The van der Waals surface area contributed by atoms with E-state index < -0.39 is 101 Å². The van der Waals surface area contributed by atoms with Crippen LogP contribution in [0.2, 0.25) is 0 Å². The summed E-state index contributed by atoms with van der Waals surface area (Å²) in [6, 6.07) is -0.364. The first-order chi connectivity index (χ1) is 42.5. The first-order valence-electron chi connectivity index (χ1n) is 28.4. The fourth-order valence-electron chi connectivity index (χ4n) is 8.90. The number of ether oxygens (including phenoxy) is 2. The fraction of sp³-hybridized carbons (Fsp3) is 0.574. The van der Waals surface area contributed by atoms with Gasteiger partial charge in [0.15, 0.2) is 11.2 Å². The molecule has 1 aliphatic rings. The maximum atomic E-state index is 13.9. The molecule has 5 atom stereocenters. The number of thioether (sulfide) groups is 1. The van der Waals surface area contributed by atoms with Gasteiger partial charge in [0, 0.05) is 82.3 Å². The fourth-order valence-corrected chi connectivity index (χ4v) is 9.63. The second-order valence-corrected chi connectivity index (χ2v) is 22.3. The van der Waals surface area contributed by atoms with E-state index in [1.807, 2.05) is 16.1 Å². The number of rotatable bonds is 37. The monoisotopic (exact) mass is 1290 g/mol. The molecule has 1 aromatic carbocycles. The molecular weight excluding hydrogens is 1210 g/mol. The number of amides is 6. The molecule has 1 saturated heterocycles. The zero-order chi connectivity index (χ0) is 65.4. The van der Waals surface area contributed by atoms with E-state index in [2.05, 4.69) is 69.8 Å². The van der Waals surface area contributed by atoms with Gasteiger partial charge < -0.3 is 67.7 Å². The summed E-state index contributed by atoms with van der Waals surface area (Å²) < 4.78 is 9.97. The van der Waals surface area contributed by atoms with Crippen LogP contribution in [0.3, 0.4) is 0 Å². The van der Waals surface area contributed by atoms with Gasteiger partial charge >= 0.3 is 17.9 Å². The molecule has 35 heteroatoms. The molecule has 1 unspecified atom stereocenters. The Balaban J connectivity index is 1.24. The van der Waals surface area contributed by atoms with Gasteiger partial charge in [0.05, 0.1) is 31.5 Å². The number of carbonyl (C=O) groups is 11. The van der Waals surface area contributed by atoms with Crippen molar-refractivity contribution in [3.63, 3.8) is 0 Å². The Hall–Kier alpha value is -8.25. The third kappa shape index (κ3) is 26.6. The maximum Gasteiger partial charge on any atom is 0.326 e. The van der Waals surface area contributed by atoms with Crippen molar-refractivity contribution < 1.29 is 77.5 Å². The Kier molecular flexibility index (Phi) is 32.0. The number of nitrogen functional groups attached to an aromatic ring is 1. The molecule has 4 rings (SSSR count). The number of anilines is 2. The Morgan fingerprint density at radius 2 is 1.29 bits per heavy atom. The average molecular weight is 1290 g/mol. The van der Waals surface area contributed by atoms with Gasteiger partial charge in [-0.05, 0) is 74.3 Å². The number of fused-ring (bicyclic) bond motifs is 1. The number of nitrogens with zero attached hydrogens (tertiary/aromatic N) is 7. The lowest BCUT2D eigenvalue weighted by Gasteiger charge is -2.33. The second-order valence-electron chi connectivity index (χ2n) is 20.9. The Morgan fingerprint density at radius 3 is 1.85 bits per heavy atom. The Labute approximate surface area is 521 Å². The van der Waals surface area contributed by atoms with E-state index in [1.54, 1.807) is 35.8 Å². The van der Waals surface area contributed by atoms with E-state index in [-0.39, 0.29) is 126 Å². The van der Waals surface area contributed by atoms with Crippen molar-refractivity contribution in [2.45, 2.75) is 89.1 Å². The molecule has 490 valence electrons. The smallest absolute Gasteiger partial charge is 0.326 e. The molecule has 3 heterocycles. The number of carboxylic acids is 3. The molecule has 1 fully saturated rings. The minimum atomic E-state index is -1.48. The van der Waals surface area contributed by atoms with E-state index in [4.69, 9.17) is 15.2 Å². The van der Waals surface area contributed by atoms with Crippen molar-refractivity contribution in [2.24, 2.45) is 5.92 Å². The van der Waals surface area contributed by atoms with E-state index >= 15 is 0 Å². The number of hydrogen-bond donors (Lipinski definition) is 13. The number of carbonyl (C=O) groups excluding carboxylic acids is 8. The topological polar surface area (TPSA) is 462 Å². The van der Waals surface area contributed by atoms with Gasteiger partial charge in [0.1, 0.15) is 43.7 Å². The third-order valence-corrected chi connectivity index (χ3v) is 14.9. The van der Waals surface area contributed by atoms with Gasteiger partial charge in [0.25, 0.3) is 24.4 Å². The largest absolute Gasteiger partial charge is 0.480 e. The Bertz CT molecular complexity index is 2930. The molecule has 0 bridgehead atoms. The van der Waals surface area contributed by atoms with E-state index in [0.717, 1.165) is 0 Å². The van der Waals surface area contributed by atoms with E-state index in [9.17, 15) is 72.9 Å². The lowest BCUT2D eigenvalue weighted by molar-refractivity contribution is -0.143. The molecule has 0 aliphatic carbocycles. The highest BCUT2D eigenvalue weighted by atomic mass is 32.2. The zero-order valence-electron chi connectivity index (χ0n) is 49.7. The number of H-pyrrole nitrogens is 1. The predicted octanol–water partition coefficient (Wildman–Crippen LogP) is -2.91. The lowest BCUT2D eigenvalue weighted by Crippen LogP contribution is -2.58. The van der Waals surface area contributed by atoms with E-state index in [1.165, 1.54) is 30.1 Å². The van der Waals surface area contributed by atoms with Crippen LogP contribution < -0.4 is 48.5 Å². The van der Waals surface area contributed by atoms with Crippen molar-refractivity contribution in [2.75, 3.05) is 114 Å². The standard InChI is InChI=1S/C54H80N16O17S2/c1-33(2)44(64-49(79)37(13-23-89-3)60-42(74)26-67-15-16-68(27-43(75)76)18-20-70(30-87-32-72)22-21-69(19-17-67)29-86-31-71)50(80)63-38(52(82)83)6-4-5-14-56-48(78)40(28-88)61-41(73)12-11-39(53(84)85)62-47(77)34-7-9-35(10-8-34)57-24-36-25-58-46-45(59-36)51(81)66-54(55)65-46/h7-10,25,31-33,37-40,44,57,88H,4-6,11-24,26-30H2,1-3H3,(H,56,78)(H,60,74)(H,61,73)(H,62,77)(H,63,80)(H,64,79)(H,75,76)(H,82,83)(H,84,85)(H3,55,58,65,66,81)/t37-,38-,39?,40-,44-/m1/s1. The highest BCUT2D eigenvalue weighted by molar-refractivity contribution is 7.98. The summed E-state index contributed by atoms with van der Waals surface area (Å²) in [7, 11) is 0. The number of thiol groups is 1. The summed E-state index contributed by atoms with van der Waals surface area (Å²) in [5, 5.41) is 48.1. The van der Waals surface area contributed by atoms with Gasteiger partial charge in [0.2, 0.25) is 35.5 Å². The van der Waals surface area contributed by atoms with Gasteiger partial charge in [-0.3, -0.25) is 72.5 Å². The molecular formula is C54H80N16O17S2. The molecule has 33 nitrogen and oxygen atoms in total. The van der Waals surface area contributed by atoms with Crippen LogP contribution in [0, 0.1) is 5.92 Å². The number of aliphatic carboxylic acids is 3. The molecule has 2 aromatic heterocycles. The van der Waals surface area contributed by atoms with Crippen LogP contribution >= 0.6 is 24.4 Å². The zero-order valence-corrected chi connectivity index (χ0v) is 51.4. The molecule has 1 aliphatic heterocycles. The van der Waals surface area contributed by atoms with Crippen molar-refractivity contribution in [3.8, 4) is 0 Å². The van der Waals surface area contributed by atoms with Crippen LogP contribution in [-0.2, 0) is 64.0 Å². The first-order valence-corrected chi connectivity index (χ1v) is 30.5. The molecule has 13 N–H and O–H groups in total. The minimum absolute atomic E-state index is 0.00336. The molecule has 89 heavy (non-hydrogen) atoms. The van der Waals surface area contributed by atoms with Crippen LogP contribution in [0.4, 0.5) is 11.6 Å². The molecule has 0 saturated carbocycles. The number of hydrogen-bond acceptors (Lipinski definition) is 25. The van der Waals surface area contributed by atoms with Crippen LogP contribution in [-0.4, -0.2) is 255 Å². The van der Waals surface area contributed by atoms with Crippen LogP contribution in [0.1, 0.15) is 68.4 Å². The summed E-state index contributed by atoms with van der Waals surface area (Å²) in [6.07, 6.45) is 3.01. The number of benzene rings is 1. The summed E-state index contributed by atoms with van der Waals surface area (Å²) in [5.41, 5.74) is 6.17. The number of unbranched alkanes of at least 4 members (excludes halogenated alkanes) is 1. The van der Waals surface area contributed by atoms with Crippen molar-refractivity contribution >= 4 is 113 Å². The molecule has 0 spiro atoms. The summed E-state index contributed by atoms with van der Waals surface area (Å²) in [4.78, 5) is 173. The highest BCUT2D eigenvalue weighted by Gasteiger charge is 2.32. The van der Waals surface area contributed by atoms with Crippen molar-refractivity contribution in [1.82, 2.24) is 71.4 Å². The predicted molar refractivity (Wildman–Crippen MR) is 326 cm³/mol. The first kappa shape index (κ1) is 73.2. The molecule has 3 aromatic rings. The Morgan fingerprint density at radius 1 is 0.708 bits per heavy atom. The quantitative estimate of drug-likeness (QED) is 0.0156. The minimum Gasteiger partial charge on any atom is -0.480 e. The SMILES string of the molecule is CSCC[C@@H](NC(=O)CN1CCN(COC=O)CCN(COC=O)CCN(CC(=O)O)CC1)C(=O)N[C@@H](C(=O)N[C@H](CCCCNC(=O)[C@@H](CS)NC(=O)CCC(NC(=O)c1ccc(NCc2cnc3nc(N)[nH]c(=O)c3n2)cc1)C(=O)O)C(=O)O)C(C)C. The van der Waals surface area contributed by atoms with E-state index in [0.29, 0.717) is 56.3 Å². The van der Waals surface area contributed by atoms with Gasteiger partial charge in [-0.2, -0.15) is 29.4 Å². The second kappa shape index (κ2) is 38.9. The van der Waals surface area contributed by atoms with Crippen LogP contribution in [0.25, 0.3) is 11.2 Å². The summed E-state index contributed by atoms with van der Waals surface area (Å²) in [6.45, 7) is 5.83. The molecule has 6 amide bonds. The van der Waals surface area contributed by atoms with Gasteiger partial charge in [-0.1, -0.05) is 13.8 Å². The highest BCUT2D eigenvalue weighted by Crippen LogP contribution is 2.14. The summed E-state index contributed by atoms with van der Waals surface area (Å²) >= 11 is 5.59. The number of nitrogens with one attached hydrogen (secondary N) is 8. The van der Waals surface area contributed by atoms with Crippen LogP contribution in [0.15, 0.2) is 35.3 Å². The number of aromatic nitrogens is 4. The van der Waals surface area contributed by atoms with Gasteiger partial charge in [-0.25, -0.2) is 19.6 Å². The maximum absolute atomic E-state index is 13.9. The lowest BCUT2D eigenvalue weighted by atomic mass is 10.0. The normalized spacial score (nSPS) is 15.5. The average Bonchev–Trinajstić information content (AvgIpc) is 2.11. The van der Waals surface area contributed by atoms with Crippen molar-refractivity contribution in [1.29, 1.82) is 0 Å². The van der Waals surface area contributed by atoms with Crippen LogP contribution in [0.5, 0.6) is 0 Å². The van der Waals surface area contributed by atoms with Gasteiger partial charge in [-0.15, -0.1) is 0 Å². The number of nitrogens with two attached hydrogens (primary N) is 1. The summed E-state index contributed by atoms with van der Waals surface area (Å²) in [5.74, 6) is -8.28.